The van der Waals surface area contributed by atoms with Crippen LogP contribution >= 0.6 is 0 Å². The molecular weight excluding hydrogens is 534 g/mol. The van der Waals surface area contributed by atoms with Crippen molar-refractivity contribution in [3.8, 4) is 28.3 Å². The zero-order chi connectivity index (χ0) is 27.3. The summed E-state index contributed by atoms with van der Waals surface area (Å²) >= 11 is 0. The van der Waals surface area contributed by atoms with E-state index in [4.69, 9.17) is 9.47 Å². The van der Waals surface area contributed by atoms with Gasteiger partial charge in [0, 0.05) is 36.4 Å². The highest BCUT2D eigenvalue weighted by Crippen LogP contribution is 2.34. The molecule has 4 aromatic rings. The molecule has 5 heterocycles. The summed E-state index contributed by atoms with van der Waals surface area (Å²) in [5, 5.41) is 11.4. The molecule has 1 N–H and O–H groups in total. The number of aromatic nitrogens is 5. The summed E-state index contributed by atoms with van der Waals surface area (Å²) in [7, 11) is -1.71. The second-order valence-corrected chi connectivity index (χ2v) is 11.8. The molecule has 0 radical (unpaired) electrons. The Morgan fingerprint density at radius 3 is 2.74 bits per heavy atom. The molecule has 0 spiro atoms. The van der Waals surface area contributed by atoms with Crippen molar-refractivity contribution >= 4 is 21.4 Å². The van der Waals surface area contributed by atoms with Gasteiger partial charge in [-0.3, -0.25) is 9.48 Å². The predicted octanol–water partition coefficient (Wildman–Crippen LogP) is 2.42. The van der Waals surface area contributed by atoms with E-state index in [1.165, 1.54) is 23.8 Å². The van der Waals surface area contributed by atoms with E-state index in [1.807, 2.05) is 0 Å². The van der Waals surface area contributed by atoms with Crippen LogP contribution in [0, 0.1) is 11.6 Å². The van der Waals surface area contributed by atoms with E-state index < -0.39 is 27.4 Å². The molecule has 14 heteroatoms. The Morgan fingerprint density at radius 2 is 2.03 bits per heavy atom. The number of sulfone groups is 1. The third-order valence-corrected chi connectivity index (χ3v) is 8.66. The van der Waals surface area contributed by atoms with Gasteiger partial charge in [0.2, 0.25) is 5.88 Å². The first kappa shape index (κ1) is 25.4. The van der Waals surface area contributed by atoms with Crippen molar-refractivity contribution in [3.63, 3.8) is 0 Å². The highest BCUT2D eigenvalue weighted by molar-refractivity contribution is 7.91. The van der Waals surface area contributed by atoms with Crippen LogP contribution in [0.1, 0.15) is 29.2 Å². The van der Waals surface area contributed by atoms with Crippen molar-refractivity contribution in [2.45, 2.75) is 25.0 Å². The van der Waals surface area contributed by atoms with Gasteiger partial charge in [-0.1, -0.05) is 0 Å². The zero-order valence-corrected chi connectivity index (χ0v) is 21.6. The average molecular weight is 559 g/mol. The summed E-state index contributed by atoms with van der Waals surface area (Å²) in [5.74, 6) is -2.57. The number of rotatable bonds is 6. The van der Waals surface area contributed by atoms with Crippen LogP contribution < -0.4 is 10.1 Å². The number of fused-ring (bicyclic) bond motifs is 1. The van der Waals surface area contributed by atoms with E-state index in [-0.39, 0.29) is 46.4 Å². The lowest BCUT2D eigenvalue weighted by atomic mass is 10.1. The van der Waals surface area contributed by atoms with Gasteiger partial charge in [0.05, 0.1) is 54.4 Å². The first-order valence-electron chi connectivity index (χ1n) is 12.3. The van der Waals surface area contributed by atoms with Gasteiger partial charge in [-0.15, -0.1) is 5.10 Å². The Morgan fingerprint density at radius 1 is 1.18 bits per heavy atom. The Labute approximate surface area is 221 Å². The molecule has 11 nitrogen and oxygen atoms in total. The molecule has 2 atom stereocenters. The first-order chi connectivity index (χ1) is 18.7. The fraction of sp³-hybridized carbons (Fsp3) is 0.360. The van der Waals surface area contributed by atoms with Crippen LogP contribution in [0.3, 0.4) is 0 Å². The third kappa shape index (κ3) is 4.74. The SMILES string of the molecule is CNC(=O)c1cc(F)c(F)c(-c2cnc3cc(-c4cnn(C5CCS(=O)(=O)C5)c4)c(O[C@H]4CCOC4)nn23)c1. The number of halogens is 2. The highest BCUT2D eigenvalue weighted by Gasteiger charge is 2.30. The predicted molar refractivity (Wildman–Crippen MR) is 135 cm³/mol. The molecule has 0 aliphatic carbocycles. The van der Waals surface area contributed by atoms with E-state index in [9.17, 15) is 22.0 Å². The van der Waals surface area contributed by atoms with Crippen molar-refractivity contribution < 1.29 is 31.5 Å². The van der Waals surface area contributed by atoms with Crippen LogP contribution in [-0.2, 0) is 14.6 Å². The summed E-state index contributed by atoms with van der Waals surface area (Å²) in [6.07, 6.45) is 5.52. The van der Waals surface area contributed by atoms with Crippen molar-refractivity contribution in [2.24, 2.45) is 0 Å². The molecule has 0 saturated carbocycles. The summed E-state index contributed by atoms with van der Waals surface area (Å²) in [5.41, 5.74) is 1.37. The van der Waals surface area contributed by atoms with Crippen LogP contribution in [0.2, 0.25) is 0 Å². The smallest absolute Gasteiger partial charge is 0.251 e. The summed E-state index contributed by atoms with van der Waals surface area (Å²) in [6.45, 7) is 0.895. The Hall–Kier alpha value is -3.91. The molecule has 3 aromatic heterocycles. The van der Waals surface area contributed by atoms with Gasteiger partial charge >= 0.3 is 0 Å². The fourth-order valence-electron chi connectivity index (χ4n) is 4.85. The lowest BCUT2D eigenvalue weighted by Crippen LogP contribution is -2.18. The molecule has 6 rings (SSSR count). The topological polar surface area (TPSA) is 130 Å². The number of carbonyl (C=O) groups excluding carboxylic acids is 1. The number of carbonyl (C=O) groups is 1. The molecule has 0 bridgehead atoms. The normalized spacial score (nSPS) is 20.5. The quantitative estimate of drug-likeness (QED) is 0.382. The average Bonchev–Trinajstić information content (AvgIpc) is 3.72. The standard InChI is InChI=1S/C25H24F2N6O5S/c1-28-24(34)14-6-19(23(27)20(26)7-14)21-10-29-22-8-18(25(31-33(21)22)38-17-2-4-37-12-17)15-9-30-32(11-15)16-3-5-39(35,36)13-16/h6-11,16-17H,2-5,12-13H2,1H3,(H,28,34)/t16?,17-/m0/s1. The van der Waals surface area contributed by atoms with Gasteiger partial charge < -0.3 is 14.8 Å². The lowest BCUT2D eigenvalue weighted by Gasteiger charge is -2.15. The van der Waals surface area contributed by atoms with Crippen LogP contribution in [0.5, 0.6) is 5.88 Å². The summed E-state index contributed by atoms with van der Waals surface area (Å²) in [6, 6.07) is 3.48. The third-order valence-electron chi connectivity index (χ3n) is 6.91. The zero-order valence-electron chi connectivity index (χ0n) is 20.8. The molecule has 39 heavy (non-hydrogen) atoms. The second kappa shape index (κ2) is 9.68. The van der Waals surface area contributed by atoms with E-state index in [1.54, 1.807) is 23.1 Å². The second-order valence-electron chi connectivity index (χ2n) is 9.54. The maximum Gasteiger partial charge on any atom is 0.251 e. The molecular formula is C25H24F2N6O5S. The molecule has 204 valence electrons. The van der Waals surface area contributed by atoms with Gasteiger partial charge in [-0.2, -0.15) is 5.10 Å². The number of nitrogens with zero attached hydrogens (tertiary/aromatic N) is 5. The highest BCUT2D eigenvalue weighted by atomic mass is 32.2. The van der Waals surface area contributed by atoms with Crippen LogP contribution in [0.25, 0.3) is 28.0 Å². The van der Waals surface area contributed by atoms with E-state index in [0.717, 1.165) is 6.07 Å². The van der Waals surface area contributed by atoms with Gasteiger partial charge in [-0.05, 0) is 24.6 Å². The van der Waals surface area contributed by atoms with Crippen LogP contribution in [0.4, 0.5) is 8.78 Å². The molecule has 2 aliphatic rings. The molecule has 1 unspecified atom stereocenters. The van der Waals surface area contributed by atoms with Crippen molar-refractivity contribution in [1.29, 1.82) is 0 Å². The minimum absolute atomic E-state index is 0.0229. The molecule has 2 saturated heterocycles. The number of hydrogen-bond acceptors (Lipinski definition) is 8. The molecule has 2 aliphatic heterocycles. The maximum absolute atomic E-state index is 14.9. The number of imidazole rings is 1. The Balaban J connectivity index is 1.46. The number of nitrogens with one attached hydrogen (secondary N) is 1. The summed E-state index contributed by atoms with van der Waals surface area (Å²) < 4.78 is 67.9. The number of amides is 1. The minimum atomic E-state index is -3.10. The van der Waals surface area contributed by atoms with Crippen LogP contribution in [-0.4, -0.2) is 76.6 Å². The monoisotopic (exact) mass is 558 g/mol. The van der Waals surface area contributed by atoms with Crippen LogP contribution in [0.15, 0.2) is 36.8 Å². The summed E-state index contributed by atoms with van der Waals surface area (Å²) in [4.78, 5) is 16.5. The fourth-order valence-corrected chi connectivity index (χ4v) is 6.56. The van der Waals surface area contributed by atoms with Gasteiger partial charge in [0.15, 0.2) is 27.1 Å². The number of hydrogen-bond donors (Lipinski definition) is 1. The first-order valence-corrected chi connectivity index (χ1v) is 14.1. The molecule has 2 fully saturated rings. The number of ether oxygens (including phenoxy) is 2. The Bertz CT molecular complexity index is 1700. The van der Waals surface area contributed by atoms with Crippen molar-refractivity contribution in [1.82, 2.24) is 29.7 Å². The van der Waals surface area contributed by atoms with E-state index >= 15 is 0 Å². The van der Waals surface area contributed by atoms with E-state index in [0.29, 0.717) is 42.8 Å². The van der Waals surface area contributed by atoms with E-state index in [2.05, 4.69) is 20.5 Å². The maximum atomic E-state index is 14.9. The van der Waals surface area contributed by atoms with Gasteiger partial charge in [-0.25, -0.2) is 26.7 Å². The van der Waals surface area contributed by atoms with Crippen molar-refractivity contribution in [3.05, 3.63) is 54.0 Å². The minimum Gasteiger partial charge on any atom is -0.470 e. The molecule has 1 amide bonds. The van der Waals surface area contributed by atoms with Crippen molar-refractivity contribution in [2.75, 3.05) is 31.8 Å². The Kier molecular flexibility index (Phi) is 6.30. The largest absolute Gasteiger partial charge is 0.470 e. The van der Waals surface area contributed by atoms with Gasteiger partial charge in [0.25, 0.3) is 5.91 Å². The lowest BCUT2D eigenvalue weighted by molar-refractivity contribution is 0.0962. The molecule has 1 aromatic carbocycles. The van der Waals surface area contributed by atoms with Gasteiger partial charge in [0.1, 0.15) is 6.10 Å². The number of benzene rings is 1.